The summed E-state index contributed by atoms with van der Waals surface area (Å²) in [4.78, 5) is 42.0. The third-order valence-corrected chi connectivity index (χ3v) is 5.96. The maximum absolute atomic E-state index is 13.0. The van der Waals surface area contributed by atoms with Gasteiger partial charge in [0, 0.05) is 6.20 Å². The van der Waals surface area contributed by atoms with Gasteiger partial charge in [-0.25, -0.2) is 9.78 Å². The smallest absolute Gasteiger partial charge is 0.408 e. The summed E-state index contributed by atoms with van der Waals surface area (Å²) >= 11 is 0. The second-order valence-corrected chi connectivity index (χ2v) is 10.5. The number of hydrogen-bond acceptors (Lipinski definition) is 7. The van der Waals surface area contributed by atoms with E-state index in [9.17, 15) is 19.5 Å². The summed E-state index contributed by atoms with van der Waals surface area (Å²) in [6.45, 7) is 13.6. The first kappa shape index (κ1) is 29.0. The van der Waals surface area contributed by atoms with Crippen LogP contribution < -0.4 is 16.0 Å². The zero-order valence-corrected chi connectivity index (χ0v) is 22.4. The van der Waals surface area contributed by atoms with E-state index >= 15 is 0 Å². The van der Waals surface area contributed by atoms with E-state index in [2.05, 4.69) is 20.9 Å². The minimum absolute atomic E-state index is 0.0834. The van der Waals surface area contributed by atoms with Crippen molar-refractivity contribution in [3.63, 3.8) is 0 Å². The van der Waals surface area contributed by atoms with Crippen molar-refractivity contribution in [3.8, 4) is 0 Å². The average molecular weight is 502 g/mol. The molecule has 10 heteroatoms. The van der Waals surface area contributed by atoms with Gasteiger partial charge < -0.3 is 25.0 Å². The Kier molecular flexibility index (Phi) is 9.03. The van der Waals surface area contributed by atoms with Crippen LogP contribution in [0.15, 0.2) is 42.9 Å². The summed E-state index contributed by atoms with van der Waals surface area (Å²) in [5.41, 5.74) is -2.01. The Labute approximate surface area is 212 Å². The number of Topliss-reactive ketones (excluding diaryl/α,β-unsaturated/α-hetero) is 1. The van der Waals surface area contributed by atoms with Gasteiger partial charge in [0.25, 0.3) is 0 Å². The van der Waals surface area contributed by atoms with Crippen LogP contribution in [0.5, 0.6) is 0 Å². The van der Waals surface area contributed by atoms with Crippen molar-refractivity contribution in [3.05, 3.63) is 48.4 Å². The van der Waals surface area contributed by atoms with Crippen molar-refractivity contribution in [1.82, 2.24) is 20.2 Å². The van der Waals surface area contributed by atoms with Crippen molar-refractivity contribution in [2.45, 2.75) is 90.8 Å². The molecule has 0 saturated heterocycles. The zero-order chi connectivity index (χ0) is 27.3. The fourth-order valence-corrected chi connectivity index (χ4v) is 3.55. The van der Waals surface area contributed by atoms with E-state index in [-0.39, 0.29) is 11.6 Å². The number of aliphatic hydroxyl groups is 1. The first-order valence-corrected chi connectivity index (χ1v) is 12.0. The number of carbonyl (C=O) groups excluding carboxylic acids is 3. The zero-order valence-electron chi connectivity index (χ0n) is 22.4. The van der Waals surface area contributed by atoms with Crippen LogP contribution in [0.2, 0.25) is 0 Å². The van der Waals surface area contributed by atoms with Crippen LogP contribution in [0.4, 0.5) is 10.6 Å². The van der Waals surface area contributed by atoms with Crippen molar-refractivity contribution in [1.29, 1.82) is 0 Å². The molecule has 0 radical (unpaired) electrons. The molecule has 0 aliphatic carbocycles. The molecule has 1 heterocycles. The Bertz CT molecular complexity index is 1060. The van der Waals surface area contributed by atoms with Gasteiger partial charge in [-0.05, 0) is 60.5 Å². The summed E-state index contributed by atoms with van der Waals surface area (Å²) in [6, 6.07) is 8.55. The van der Waals surface area contributed by atoms with Gasteiger partial charge in [0.05, 0.1) is 17.9 Å². The van der Waals surface area contributed by atoms with Gasteiger partial charge in [0.2, 0.25) is 5.91 Å². The average Bonchev–Trinajstić information content (AvgIpc) is 3.24. The van der Waals surface area contributed by atoms with Gasteiger partial charge in [0.15, 0.2) is 11.6 Å². The largest absolute Gasteiger partial charge is 0.444 e. The molecule has 36 heavy (non-hydrogen) atoms. The number of aliphatic hydroxyl groups excluding tert-OH is 1. The lowest BCUT2D eigenvalue weighted by Crippen LogP contribution is -2.61. The summed E-state index contributed by atoms with van der Waals surface area (Å²) in [7, 11) is 0. The lowest BCUT2D eigenvalue weighted by Gasteiger charge is -2.34. The number of rotatable bonds is 10. The predicted octanol–water partition coefficient (Wildman–Crippen LogP) is 3.16. The van der Waals surface area contributed by atoms with Crippen LogP contribution in [0.3, 0.4) is 0 Å². The van der Waals surface area contributed by atoms with Crippen LogP contribution in [0, 0.1) is 0 Å². The molecule has 3 atom stereocenters. The number of aromatic nitrogens is 2. The molecule has 0 fully saturated rings. The van der Waals surface area contributed by atoms with Crippen LogP contribution in [0.1, 0.15) is 67.4 Å². The molecular weight excluding hydrogens is 462 g/mol. The van der Waals surface area contributed by atoms with Gasteiger partial charge in [-0.2, -0.15) is 0 Å². The fraction of sp³-hybridized carbons (Fsp3) is 0.538. The molecule has 2 rings (SSSR count). The minimum Gasteiger partial charge on any atom is -0.444 e. The van der Waals surface area contributed by atoms with E-state index in [0.29, 0.717) is 6.42 Å². The van der Waals surface area contributed by atoms with E-state index in [1.807, 2.05) is 30.3 Å². The van der Waals surface area contributed by atoms with E-state index in [4.69, 9.17) is 4.74 Å². The standard InChI is InChI=1S/C26H39N5O5/c1-9-19(28-22(34)25(6,7)30-23(35)36-24(3,4)5)21(33)29-20-15-31(16-27-20)26(8,17(2)32)18-13-11-10-12-14-18/h10-16,19,22,28,34H,9H2,1-8H3,(H,29,33)(H,30,35)/t19-,22+,26?/m0/s1. The van der Waals surface area contributed by atoms with Gasteiger partial charge in [-0.3, -0.25) is 14.9 Å². The second kappa shape index (κ2) is 11.2. The summed E-state index contributed by atoms with van der Waals surface area (Å²) < 4.78 is 6.92. The van der Waals surface area contributed by atoms with E-state index < -0.39 is 40.9 Å². The van der Waals surface area contributed by atoms with Gasteiger partial charge in [-0.1, -0.05) is 37.3 Å². The monoisotopic (exact) mass is 501 g/mol. The first-order chi connectivity index (χ1) is 16.6. The highest BCUT2D eigenvalue weighted by molar-refractivity contribution is 5.94. The minimum atomic E-state index is -1.25. The molecule has 2 amide bonds. The SMILES string of the molecule is CC[C@H](N[C@H](O)C(C)(C)NC(=O)OC(C)(C)C)C(=O)Nc1cn(C(C)(C(C)=O)c2ccccc2)cn1. The molecule has 0 saturated carbocycles. The van der Waals surface area contributed by atoms with E-state index in [1.165, 1.54) is 13.3 Å². The van der Waals surface area contributed by atoms with Gasteiger partial charge >= 0.3 is 6.09 Å². The maximum Gasteiger partial charge on any atom is 0.408 e. The molecule has 0 spiro atoms. The molecule has 1 aromatic heterocycles. The van der Waals surface area contributed by atoms with Crippen molar-refractivity contribution < 1.29 is 24.2 Å². The van der Waals surface area contributed by atoms with Crippen molar-refractivity contribution in [2.24, 2.45) is 0 Å². The number of amides is 2. The number of alkyl carbamates (subject to hydrolysis) is 1. The van der Waals surface area contributed by atoms with Gasteiger partial charge in [0.1, 0.15) is 17.4 Å². The molecule has 1 aromatic carbocycles. The van der Waals surface area contributed by atoms with Gasteiger partial charge in [-0.15, -0.1) is 0 Å². The fourth-order valence-electron chi connectivity index (χ4n) is 3.55. The summed E-state index contributed by atoms with van der Waals surface area (Å²) in [6.07, 6.45) is 1.53. The van der Waals surface area contributed by atoms with Crippen molar-refractivity contribution >= 4 is 23.6 Å². The topological polar surface area (TPSA) is 135 Å². The van der Waals surface area contributed by atoms with Crippen LogP contribution in [-0.4, -0.2) is 55.9 Å². The molecule has 10 nitrogen and oxygen atoms in total. The molecule has 198 valence electrons. The number of ether oxygens (including phenoxy) is 1. The molecule has 0 aliphatic heterocycles. The Morgan fingerprint density at radius 1 is 1.08 bits per heavy atom. The van der Waals surface area contributed by atoms with Crippen LogP contribution in [-0.2, 0) is 19.9 Å². The number of anilines is 1. The highest BCUT2D eigenvalue weighted by Gasteiger charge is 2.36. The lowest BCUT2D eigenvalue weighted by atomic mass is 9.88. The Morgan fingerprint density at radius 2 is 1.69 bits per heavy atom. The number of nitrogens with zero attached hydrogens (tertiary/aromatic N) is 2. The third-order valence-electron chi connectivity index (χ3n) is 5.96. The van der Waals surface area contributed by atoms with Crippen molar-refractivity contribution in [2.75, 3.05) is 5.32 Å². The molecular formula is C26H39N5O5. The predicted molar refractivity (Wildman–Crippen MR) is 137 cm³/mol. The van der Waals surface area contributed by atoms with Crippen LogP contribution in [0.25, 0.3) is 0 Å². The molecule has 1 unspecified atom stereocenters. The normalized spacial score (nSPS) is 15.4. The molecule has 4 N–H and O–H groups in total. The Hall–Kier alpha value is -3.24. The third kappa shape index (κ3) is 7.14. The number of carbonyl (C=O) groups is 3. The van der Waals surface area contributed by atoms with Crippen LogP contribution >= 0.6 is 0 Å². The highest BCUT2D eigenvalue weighted by Crippen LogP contribution is 2.28. The second-order valence-electron chi connectivity index (χ2n) is 10.5. The molecule has 2 aromatic rings. The molecule has 0 bridgehead atoms. The van der Waals surface area contributed by atoms with E-state index in [1.54, 1.807) is 59.2 Å². The quantitative estimate of drug-likeness (QED) is 0.367. The molecule has 0 aliphatic rings. The number of ketones is 1. The number of hydrogen-bond donors (Lipinski definition) is 4. The summed E-state index contributed by atoms with van der Waals surface area (Å²) in [5.74, 6) is -0.233. The number of imidazole rings is 1. The van der Waals surface area contributed by atoms with E-state index in [0.717, 1.165) is 5.56 Å². The maximum atomic E-state index is 13.0. The first-order valence-electron chi connectivity index (χ1n) is 12.0. The number of benzene rings is 1. The summed E-state index contributed by atoms with van der Waals surface area (Å²) in [5, 5.41) is 18.9. The Balaban J connectivity index is 2.11. The highest BCUT2D eigenvalue weighted by atomic mass is 16.6. The lowest BCUT2D eigenvalue weighted by molar-refractivity contribution is -0.123. The number of nitrogens with one attached hydrogen (secondary N) is 3. The Morgan fingerprint density at radius 3 is 2.22 bits per heavy atom.